The summed E-state index contributed by atoms with van der Waals surface area (Å²) in [6.45, 7) is 0.233. The van der Waals surface area contributed by atoms with Gasteiger partial charge in [-0.2, -0.15) is 0 Å². The van der Waals surface area contributed by atoms with Gasteiger partial charge in [0.1, 0.15) is 5.75 Å². The van der Waals surface area contributed by atoms with E-state index in [1.54, 1.807) is 0 Å². The number of benzene rings is 1. The summed E-state index contributed by atoms with van der Waals surface area (Å²) in [4.78, 5) is 0. The van der Waals surface area contributed by atoms with Crippen molar-refractivity contribution in [3.63, 3.8) is 0 Å². The van der Waals surface area contributed by atoms with Gasteiger partial charge >= 0.3 is 0 Å². The first-order valence-corrected chi connectivity index (χ1v) is 5.00. The van der Waals surface area contributed by atoms with Crippen LogP contribution in [0.5, 0.6) is 11.5 Å². The van der Waals surface area contributed by atoms with Crippen LogP contribution >= 0.6 is 11.6 Å². The highest BCUT2D eigenvalue weighted by molar-refractivity contribution is 6.32. The molecule has 1 aliphatic carbocycles. The molecule has 0 atom stereocenters. The van der Waals surface area contributed by atoms with E-state index >= 15 is 0 Å². The van der Waals surface area contributed by atoms with Gasteiger partial charge in [-0.3, -0.25) is 0 Å². The molecule has 15 heavy (non-hydrogen) atoms. The molecule has 0 amide bonds. The maximum absolute atomic E-state index is 13.6. The molecule has 1 aliphatic rings. The molecule has 1 saturated carbocycles. The fourth-order valence-electron chi connectivity index (χ4n) is 1.79. The first kappa shape index (κ1) is 10.5. The molecule has 1 aromatic carbocycles. The van der Waals surface area contributed by atoms with Gasteiger partial charge in [-0.05, 0) is 12.8 Å². The second-order valence-corrected chi connectivity index (χ2v) is 4.31. The topological polar surface area (TPSA) is 66.5 Å². The van der Waals surface area contributed by atoms with E-state index < -0.39 is 17.0 Å². The van der Waals surface area contributed by atoms with Crippen LogP contribution in [0.3, 0.4) is 0 Å². The van der Waals surface area contributed by atoms with Crippen molar-refractivity contribution in [1.82, 2.24) is 0 Å². The number of hydrogen-bond acceptors (Lipinski definition) is 3. The Morgan fingerprint density at radius 1 is 1.47 bits per heavy atom. The summed E-state index contributed by atoms with van der Waals surface area (Å²) in [5.41, 5.74) is 5.04. The van der Waals surface area contributed by atoms with Gasteiger partial charge in [-0.25, -0.2) is 4.39 Å². The maximum atomic E-state index is 13.6. The molecular weight excluding hydrogens is 221 g/mol. The summed E-state index contributed by atoms with van der Waals surface area (Å²) in [7, 11) is 0. The highest BCUT2D eigenvalue weighted by Crippen LogP contribution is 2.54. The molecule has 1 aromatic rings. The molecule has 0 radical (unpaired) electrons. The fraction of sp³-hybridized carbons (Fsp3) is 0.400. The Balaban J connectivity index is 2.64. The Bertz CT molecular complexity index is 392. The number of nitrogens with two attached hydrogens (primary N) is 1. The molecule has 0 spiro atoms. The van der Waals surface area contributed by atoms with Crippen molar-refractivity contribution in [2.24, 2.45) is 5.73 Å². The number of phenols is 2. The van der Waals surface area contributed by atoms with Gasteiger partial charge in [0.25, 0.3) is 0 Å². The average molecular weight is 232 g/mol. The lowest BCUT2D eigenvalue weighted by molar-refractivity contribution is 0.404. The van der Waals surface area contributed by atoms with Gasteiger partial charge in [0.05, 0.1) is 5.02 Å². The highest BCUT2D eigenvalue weighted by atomic mass is 35.5. The summed E-state index contributed by atoms with van der Waals surface area (Å²) < 4.78 is 13.6. The zero-order valence-electron chi connectivity index (χ0n) is 7.93. The van der Waals surface area contributed by atoms with Crippen molar-refractivity contribution in [3.05, 3.63) is 22.5 Å². The highest BCUT2D eigenvalue weighted by Gasteiger charge is 2.47. The monoisotopic (exact) mass is 231 g/mol. The van der Waals surface area contributed by atoms with E-state index in [1.807, 2.05) is 0 Å². The molecule has 0 unspecified atom stereocenters. The molecule has 0 bridgehead atoms. The molecule has 0 aliphatic heterocycles. The number of rotatable bonds is 2. The first-order chi connectivity index (χ1) is 7.02. The molecule has 4 N–H and O–H groups in total. The summed E-state index contributed by atoms with van der Waals surface area (Å²) >= 11 is 5.66. The van der Waals surface area contributed by atoms with Crippen LogP contribution in [0.4, 0.5) is 4.39 Å². The first-order valence-electron chi connectivity index (χ1n) is 4.62. The summed E-state index contributed by atoms with van der Waals surface area (Å²) in [5, 5.41) is 18.9. The normalized spacial score (nSPS) is 17.8. The van der Waals surface area contributed by atoms with Gasteiger partial charge in [0.15, 0.2) is 11.6 Å². The van der Waals surface area contributed by atoms with E-state index in [4.69, 9.17) is 17.3 Å². The van der Waals surface area contributed by atoms with E-state index in [-0.39, 0.29) is 22.9 Å². The van der Waals surface area contributed by atoms with Crippen LogP contribution < -0.4 is 5.73 Å². The predicted molar refractivity (Wildman–Crippen MR) is 54.7 cm³/mol. The second kappa shape index (κ2) is 3.25. The SMILES string of the molecule is NCC1(c2c(O)c(Cl)cc(O)c2F)CC1. The lowest BCUT2D eigenvalue weighted by atomic mass is 9.94. The smallest absolute Gasteiger partial charge is 0.172 e. The maximum Gasteiger partial charge on any atom is 0.172 e. The Morgan fingerprint density at radius 3 is 2.53 bits per heavy atom. The number of phenolic OH excluding ortho intramolecular Hbond substituents is 2. The summed E-state index contributed by atoms with van der Waals surface area (Å²) in [6, 6.07) is 0.988. The molecule has 2 rings (SSSR count). The van der Waals surface area contributed by atoms with Gasteiger partial charge in [-0.15, -0.1) is 0 Å². The molecule has 0 saturated heterocycles. The fourth-order valence-corrected chi connectivity index (χ4v) is 1.99. The van der Waals surface area contributed by atoms with Crippen molar-refractivity contribution >= 4 is 11.6 Å². The third-order valence-electron chi connectivity index (χ3n) is 2.95. The van der Waals surface area contributed by atoms with Crippen LogP contribution in [0.2, 0.25) is 5.02 Å². The molecule has 0 heterocycles. The van der Waals surface area contributed by atoms with Crippen molar-refractivity contribution in [2.45, 2.75) is 18.3 Å². The van der Waals surface area contributed by atoms with Crippen molar-refractivity contribution in [1.29, 1.82) is 0 Å². The van der Waals surface area contributed by atoms with E-state index in [0.717, 1.165) is 6.07 Å². The van der Waals surface area contributed by atoms with Crippen LogP contribution in [0.25, 0.3) is 0 Å². The average Bonchev–Trinajstić information content (AvgIpc) is 2.96. The predicted octanol–water partition coefficient (Wildman–Crippen LogP) is 1.88. The largest absolute Gasteiger partial charge is 0.506 e. The number of aromatic hydroxyl groups is 2. The van der Waals surface area contributed by atoms with E-state index in [9.17, 15) is 14.6 Å². The Kier molecular flexibility index (Phi) is 2.28. The standard InChI is InChI=1S/C10H11ClFNO2/c11-5-3-6(14)8(12)7(9(5)15)10(4-13)1-2-10/h3,14-15H,1-2,4,13H2. The van der Waals surface area contributed by atoms with Crippen LogP contribution in [0.15, 0.2) is 6.07 Å². The Morgan fingerprint density at radius 2 is 2.07 bits per heavy atom. The van der Waals surface area contributed by atoms with Crippen LogP contribution in [0, 0.1) is 5.82 Å². The summed E-state index contributed by atoms with van der Waals surface area (Å²) in [5.74, 6) is -1.68. The number of halogens is 2. The van der Waals surface area contributed by atoms with Crippen molar-refractivity contribution in [2.75, 3.05) is 6.54 Å². The minimum absolute atomic E-state index is 0.0509. The van der Waals surface area contributed by atoms with Crippen molar-refractivity contribution < 1.29 is 14.6 Å². The summed E-state index contributed by atoms with van der Waals surface area (Å²) in [6.07, 6.45) is 1.40. The Hall–Kier alpha value is -1.00. The third kappa shape index (κ3) is 1.44. The molecular formula is C10H11ClFNO2. The van der Waals surface area contributed by atoms with Crippen LogP contribution in [-0.2, 0) is 5.41 Å². The van der Waals surface area contributed by atoms with Gasteiger partial charge in [-0.1, -0.05) is 11.6 Å². The zero-order chi connectivity index (χ0) is 11.2. The second-order valence-electron chi connectivity index (χ2n) is 3.90. The van der Waals surface area contributed by atoms with Gasteiger partial charge < -0.3 is 15.9 Å². The molecule has 5 heteroatoms. The molecule has 0 aromatic heterocycles. The lowest BCUT2D eigenvalue weighted by Gasteiger charge is -2.17. The van der Waals surface area contributed by atoms with Crippen molar-refractivity contribution in [3.8, 4) is 11.5 Å². The lowest BCUT2D eigenvalue weighted by Crippen LogP contribution is -2.21. The molecule has 82 valence electrons. The minimum atomic E-state index is -0.820. The van der Waals surface area contributed by atoms with E-state index in [2.05, 4.69) is 0 Å². The minimum Gasteiger partial charge on any atom is -0.506 e. The van der Waals surface area contributed by atoms with E-state index in [1.165, 1.54) is 0 Å². The zero-order valence-corrected chi connectivity index (χ0v) is 8.68. The number of hydrogen-bond donors (Lipinski definition) is 3. The van der Waals surface area contributed by atoms with Crippen LogP contribution in [-0.4, -0.2) is 16.8 Å². The molecule has 3 nitrogen and oxygen atoms in total. The third-order valence-corrected chi connectivity index (χ3v) is 3.23. The molecule has 1 fully saturated rings. The van der Waals surface area contributed by atoms with E-state index in [0.29, 0.717) is 12.8 Å². The van der Waals surface area contributed by atoms with Gasteiger partial charge in [0, 0.05) is 23.6 Å². The van der Waals surface area contributed by atoms with Crippen LogP contribution in [0.1, 0.15) is 18.4 Å². The quantitative estimate of drug-likeness (QED) is 0.681. The Labute approximate surface area is 91.3 Å². The van der Waals surface area contributed by atoms with Gasteiger partial charge in [0.2, 0.25) is 0 Å².